The van der Waals surface area contributed by atoms with E-state index in [4.69, 9.17) is 23.7 Å². The summed E-state index contributed by atoms with van der Waals surface area (Å²) in [5.41, 5.74) is 0. The molecule has 0 saturated heterocycles. The topological polar surface area (TPSA) is 46.2 Å². The van der Waals surface area contributed by atoms with Gasteiger partial charge in [-0.1, -0.05) is 24.3 Å². The van der Waals surface area contributed by atoms with Gasteiger partial charge in [-0.25, -0.2) is 0 Å². The molecule has 5 nitrogen and oxygen atoms in total. The first-order valence-electron chi connectivity index (χ1n) is 9.01. The molecule has 0 radical (unpaired) electrons. The van der Waals surface area contributed by atoms with Crippen molar-refractivity contribution in [3.63, 3.8) is 0 Å². The normalized spacial score (nSPS) is 10.6. The summed E-state index contributed by atoms with van der Waals surface area (Å²) in [6, 6.07) is 15.3. The van der Waals surface area contributed by atoms with Crippen molar-refractivity contribution in [2.24, 2.45) is 0 Å². The molecule has 0 bridgehead atoms. The van der Waals surface area contributed by atoms with Crippen LogP contribution in [0.15, 0.2) is 48.5 Å². The molecule has 26 heavy (non-hydrogen) atoms. The minimum Gasteiger partial charge on any atom is -0.490 e. The molecule has 0 heterocycles. The summed E-state index contributed by atoms with van der Waals surface area (Å²) in [4.78, 5) is 0. The molecule has 0 aliphatic heterocycles. The maximum Gasteiger partial charge on any atom is 0.161 e. The summed E-state index contributed by atoms with van der Waals surface area (Å²) >= 11 is 0. The Morgan fingerprint density at radius 1 is 0.654 bits per heavy atom. The third kappa shape index (κ3) is 6.84. The van der Waals surface area contributed by atoms with Crippen molar-refractivity contribution in [1.29, 1.82) is 0 Å². The van der Waals surface area contributed by atoms with E-state index in [0.29, 0.717) is 33.0 Å². The lowest BCUT2D eigenvalue weighted by molar-refractivity contribution is 0.0743. The Bertz CT molecular complexity index is 642. The van der Waals surface area contributed by atoms with Crippen LogP contribution in [0.3, 0.4) is 0 Å². The smallest absolute Gasteiger partial charge is 0.161 e. The quantitative estimate of drug-likeness (QED) is 0.527. The second kappa shape index (κ2) is 11.3. The lowest BCUT2D eigenvalue weighted by atomic mass is 10.3. The molecule has 0 fully saturated rings. The SMILES string of the molecule is CCOc1ccccc1OCCOCCOc1ccccc1OC(C)C. The minimum atomic E-state index is 0.104. The van der Waals surface area contributed by atoms with Crippen LogP contribution < -0.4 is 18.9 Å². The average molecular weight is 360 g/mol. The Morgan fingerprint density at radius 3 is 1.62 bits per heavy atom. The van der Waals surface area contributed by atoms with Crippen molar-refractivity contribution in [2.45, 2.75) is 26.9 Å². The Kier molecular flexibility index (Phi) is 8.63. The van der Waals surface area contributed by atoms with Crippen LogP contribution in [0.2, 0.25) is 0 Å². The Morgan fingerprint density at radius 2 is 1.12 bits per heavy atom. The molecule has 2 rings (SSSR count). The number of benzene rings is 2. The number of hydrogen-bond acceptors (Lipinski definition) is 5. The van der Waals surface area contributed by atoms with E-state index in [1.807, 2.05) is 69.3 Å². The number of para-hydroxylation sites is 4. The molecule has 0 saturated carbocycles. The first-order valence-corrected chi connectivity index (χ1v) is 9.01. The molecule has 0 spiro atoms. The van der Waals surface area contributed by atoms with E-state index in [1.54, 1.807) is 0 Å². The maximum absolute atomic E-state index is 5.74. The van der Waals surface area contributed by atoms with Crippen LogP contribution in [-0.2, 0) is 4.74 Å². The summed E-state index contributed by atoms with van der Waals surface area (Å²) in [5, 5.41) is 0. The van der Waals surface area contributed by atoms with Gasteiger partial charge >= 0.3 is 0 Å². The number of ether oxygens (including phenoxy) is 5. The van der Waals surface area contributed by atoms with Gasteiger partial charge in [-0.05, 0) is 45.0 Å². The summed E-state index contributed by atoms with van der Waals surface area (Å²) < 4.78 is 28.3. The standard InChI is InChI=1S/C21H28O5/c1-4-23-18-9-5-6-10-19(18)24-15-13-22-14-16-25-20-11-7-8-12-21(20)26-17(2)3/h5-12,17H,4,13-16H2,1-3H3. The number of hydrogen-bond donors (Lipinski definition) is 0. The third-order valence-corrected chi connectivity index (χ3v) is 3.33. The number of rotatable bonds is 12. The highest BCUT2D eigenvalue weighted by molar-refractivity contribution is 5.40. The third-order valence-electron chi connectivity index (χ3n) is 3.33. The van der Waals surface area contributed by atoms with Gasteiger partial charge in [0, 0.05) is 0 Å². The van der Waals surface area contributed by atoms with Gasteiger partial charge in [0.05, 0.1) is 25.9 Å². The largest absolute Gasteiger partial charge is 0.490 e. The molecule has 5 heteroatoms. The van der Waals surface area contributed by atoms with E-state index in [0.717, 1.165) is 23.0 Å². The fourth-order valence-electron chi connectivity index (χ4n) is 2.29. The van der Waals surface area contributed by atoms with E-state index in [1.165, 1.54) is 0 Å². The zero-order valence-corrected chi connectivity index (χ0v) is 15.8. The Labute approximate surface area is 155 Å². The van der Waals surface area contributed by atoms with E-state index < -0.39 is 0 Å². The van der Waals surface area contributed by atoms with Gasteiger partial charge < -0.3 is 23.7 Å². The fourth-order valence-corrected chi connectivity index (χ4v) is 2.29. The first kappa shape index (κ1) is 19.9. The van der Waals surface area contributed by atoms with Gasteiger partial charge in [0.15, 0.2) is 23.0 Å². The molecular formula is C21H28O5. The van der Waals surface area contributed by atoms with Crippen LogP contribution in [0.1, 0.15) is 20.8 Å². The molecule has 142 valence electrons. The maximum atomic E-state index is 5.74. The molecule has 0 atom stereocenters. The van der Waals surface area contributed by atoms with Crippen molar-refractivity contribution in [1.82, 2.24) is 0 Å². The summed E-state index contributed by atoms with van der Waals surface area (Å²) in [7, 11) is 0. The minimum absolute atomic E-state index is 0.104. The highest BCUT2D eigenvalue weighted by Crippen LogP contribution is 2.27. The van der Waals surface area contributed by atoms with Gasteiger partial charge in [-0.2, -0.15) is 0 Å². The first-order chi connectivity index (χ1) is 12.7. The van der Waals surface area contributed by atoms with Gasteiger partial charge in [0.1, 0.15) is 13.2 Å². The van der Waals surface area contributed by atoms with Gasteiger partial charge in [-0.15, -0.1) is 0 Å². The highest BCUT2D eigenvalue weighted by atomic mass is 16.6. The molecule has 0 amide bonds. The molecule has 0 aliphatic rings. The lowest BCUT2D eigenvalue weighted by Crippen LogP contribution is -2.13. The van der Waals surface area contributed by atoms with Gasteiger partial charge in [-0.3, -0.25) is 0 Å². The van der Waals surface area contributed by atoms with Crippen molar-refractivity contribution in [3.05, 3.63) is 48.5 Å². The Balaban J connectivity index is 1.65. The molecular weight excluding hydrogens is 332 g/mol. The molecule has 0 unspecified atom stereocenters. The average Bonchev–Trinajstić information content (AvgIpc) is 2.63. The van der Waals surface area contributed by atoms with Crippen molar-refractivity contribution < 1.29 is 23.7 Å². The predicted octanol–water partition coefficient (Wildman–Crippen LogP) is 4.35. The van der Waals surface area contributed by atoms with Crippen LogP contribution in [0, 0.1) is 0 Å². The van der Waals surface area contributed by atoms with Crippen LogP contribution >= 0.6 is 0 Å². The van der Waals surface area contributed by atoms with Crippen molar-refractivity contribution in [3.8, 4) is 23.0 Å². The van der Waals surface area contributed by atoms with Gasteiger partial charge in [0.2, 0.25) is 0 Å². The zero-order chi connectivity index (χ0) is 18.6. The highest BCUT2D eigenvalue weighted by Gasteiger charge is 2.06. The van der Waals surface area contributed by atoms with E-state index in [-0.39, 0.29) is 6.10 Å². The van der Waals surface area contributed by atoms with E-state index >= 15 is 0 Å². The van der Waals surface area contributed by atoms with Crippen LogP contribution in [-0.4, -0.2) is 39.1 Å². The summed E-state index contributed by atoms with van der Waals surface area (Å²) in [5.74, 6) is 2.96. The van der Waals surface area contributed by atoms with Crippen LogP contribution in [0.25, 0.3) is 0 Å². The lowest BCUT2D eigenvalue weighted by Gasteiger charge is -2.15. The molecule has 0 aromatic heterocycles. The summed E-state index contributed by atoms with van der Waals surface area (Å²) in [6.45, 7) is 8.40. The van der Waals surface area contributed by atoms with Crippen LogP contribution in [0.4, 0.5) is 0 Å². The zero-order valence-electron chi connectivity index (χ0n) is 15.8. The molecule has 2 aromatic rings. The van der Waals surface area contributed by atoms with E-state index in [9.17, 15) is 0 Å². The monoisotopic (exact) mass is 360 g/mol. The molecule has 0 aliphatic carbocycles. The van der Waals surface area contributed by atoms with Crippen LogP contribution in [0.5, 0.6) is 23.0 Å². The molecule has 2 aromatic carbocycles. The summed E-state index contributed by atoms with van der Waals surface area (Å²) in [6.07, 6.45) is 0.104. The molecule has 0 N–H and O–H groups in total. The van der Waals surface area contributed by atoms with E-state index in [2.05, 4.69) is 0 Å². The van der Waals surface area contributed by atoms with Gasteiger partial charge in [0.25, 0.3) is 0 Å². The van der Waals surface area contributed by atoms with Crippen molar-refractivity contribution >= 4 is 0 Å². The second-order valence-corrected chi connectivity index (χ2v) is 5.80. The second-order valence-electron chi connectivity index (χ2n) is 5.80. The Hall–Kier alpha value is -2.40. The van der Waals surface area contributed by atoms with Crippen molar-refractivity contribution in [2.75, 3.05) is 33.0 Å². The predicted molar refractivity (Wildman–Crippen MR) is 102 cm³/mol. The fraction of sp³-hybridized carbons (Fsp3) is 0.429.